The molecule has 0 aromatic carbocycles. The smallest absolute Gasteiger partial charge is 0.235 e. The number of ether oxygens (including phenoxy) is 1. The van der Waals surface area contributed by atoms with Gasteiger partial charge < -0.3 is 15.4 Å². The number of carbonyl (C=O) groups excluding carboxylic acids is 1. The van der Waals surface area contributed by atoms with Gasteiger partial charge in [-0.15, -0.1) is 0 Å². The molecule has 20 heavy (non-hydrogen) atoms. The summed E-state index contributed by atoms with van der Waals surface area (Å²) < 4.78 is 5.60. The number of hydrogen-bond donors (Lipinski definition) is 1. The van der Waals surface area contributed by atoms with Crippen LogP contribution in [0.4, 0.5) is 0 Å². The van der Waals surface area contributed by atoms with Crippen molar-refractivity contribution in [2.45, 2.75) is 44.9 Å². The molecule has 1 amide bonds. The summed E-state index contributed by atoms with van der Waals surface area (Å²) in [4.78, 5) is 14.8. The summed E-state index contributed by atoms with van der Waals surface area (Å²) in [5.74, 6) is 0.844. The molecule has 4 nitrogen and oxygen atoms in total. The van der Waals surface area contributed by atoms with Crippen molar-refractivity contribution in [2.75, 3.05) is 26.8 Å². The van der Waals surface area contributed by atoms with E-state index in [1.165, 1.54) is 19.3 Å². The van der Waals surface area contributed by atoms with Crippen molar-refractivity contribution in [3.8, 4) is 0 Å². The standard InChI is InChI=1S/C15H26N2O2S/c1-17(9-10-19-11-12-5-6-12)14(18)15(13(16)20)7-3-2-4-8-15/h12H,2-11H2,1H3,(H2,16,20). The third-order valence-electron chi connectivity index (χ3n) is 4.56. The monoisotopic (exact) mass is 298 g/mol. The molecule has 114 valence electrons. The van der Waals surface area contributed by atoms with E-state index in [0.29, 0.717) is 18.1 Å². The third kappa shape index (κ3) is 3.70. The number of carbonyl (C=O) groups is 1. The van der Waals surface area contributed by atoms with Gasteiger partial charge in [0, 0.05) is 20.2 Å². The minimum absolute atomic E-state index is 0.0831. The van der Waals surface area contributed by atoms with Gasteiger partial charge in [-0.25, -0.2) is 0 Å². The second-order valence-electron chi connectivity index (χ2n) is 6.25. The van der Waals surface area contributed by atoms with Gasteiger partial charge in [-0.1, -0.05) is 31.5 Å². The molecule has 0 unspecified atom stereocenters. The Kier molecular flexibility index (Phi) is 5.38. The minimum Gasteiger partial charge on any atom is -0.392 e. The fraction of sp³-hybridized carbons (Fsp3) is 0.867. The average Bonchev–Trinajstić information content (AvgIpc) is 3.27. The van der Waals surface area contributed by atoms with Crippen LogP contribution in [0.15, 0.2) is 0 Å². The summed E-state index contributed by atoms with van der Waals surface area (Å²) in [6.07, 6.45) is 7.43. The van der Waals surface area contributed by atoms with Gasteiger partial charge in [-0.2, -0.15) is 0 Å². The maximum absolute atomic E-state index is 12.7. The predicted molar refractivity (Wildman–Crippen MR) is 83.5 cm³/mol. The first-order valence-corrected chi connectivity index (χ1v) is 8.10. The summed E-state index contributed by atoms with van der Waals surface area (Å²) in [7, 11) is 1.83. The maximum atomic E-state index is 12.7. The first-order valence-electron chi connectivity index (χ1n) is 7.69. The second-order valence-corrected chi connectivity index (χ2v) is 6.69. The number of nitrogens with two attached hydrogens (primary N) is 1. The van der Waals surface area contributed by atoms with Gasteiger partial charge in [0.05, 0.1) is 17.0 Å². The van der Waals surface area contributed by atoms with Crippen LogP contribution in [0, 0.1) is 11.3 Å². The van der Waals surface area contributed by atoms with Crippen LogP contribution in [0.2, 0.25) is 0 Å². The highest BCUT2D eigenvalue weighted by Crippen LogP contribution is 2.38. The van der Waals surface area contributed by atoms with E-state index < -0.39 is 5.41 Å². The molecular weight excluding hydrogens is 272 g/mol. The molecule has 0 saturated heterocycles. The minimum atomic E-state index is -0.598. The number of rotatable bonds is 7. The highest BCUT2D eigenvalue weighted by Gasteiger charge is 2.43. The Morgan fingerprint density at radius 2 is 2.00 bits per heavy atom. The molecule has 0 aliphatic heterocycles. The zero-order chi connectivity index (χ0) is 14.6. The molecule has 2 saturated carbocycles. The molecule has 0 spiro atoms. The Hall–Kier alpha value is -0.680. The van der Waals surface area contributed by atoms with Crippen LogP contribution in [0.3, 0.4) is 0 Å². The third-order valence-corrected chi connectivity index (χ3v) is 4.95. The van der Waals surface area contributed by atoms with Gasteiger partial charge in [0.2, 0.25) is 5.91 Å². The van der Waals surface area contributed by atoms with Crippen molar-refractivity contribution in [2.24, 2.45) is 17.1 Å². The molecule has 0 radical (unpaired) electrons. The fourth-order valence-electron chi connectivity index (χ4n) is 2.92. The quantitative estimate of drug-likeness (QED) is 0.578. The fourth-order valence-corrected chi connectivity index (χ4v) is 3.22. The number of likely N-dealkylation sites (N-methyl/N-ethyl adjacent to an activating group) is 1. The molecule has 0 aromatic rings. The molecule has 0 bridgehead atoms. The van der Waals surface area contributed by atoms with Crippen molar-refractivity contribution in [3.63, 3.8) is 0 Å². The highest BCUT2D eigenvalue weighted by atomic mass is 32.1. The van der Waals surface area contributed by atoms with E-state index in [0.717, 1.165) is 38.2 Å². The number of hydrogen-bond acceptors (Lipinski definition) is 3. The molecule has 2 rings (SSSR count). The summed E-state index contributed by atoms with van der Waals surface area (Å²) in [5, 5.41) is 0. The normalized spacial score (nSPS) is 21.4. The molecule has 2 aliphatic carbocycles. The summed E-state index contributed by atoms with van der Waals surface area (Å²) in [6.45, 7) is 2.06. The Morgan fingerprint density at radius 3 is 2.55 bits per heavy atom. The van der Waals surface area contributed by atoms with Crippen LogP contribution in [0.5, 0.6) is 0 Å². The largest absolute Gasteiger partial charge is 0.392 e. The van der Waals surface area contributed by atoms with E-state index in [1.54, 1.807) is 4.90 Å². The lowest BCUT2D eigenvalue weighted by atomic mass is 9.73. The average molecular weight is 298 g/mol. The van der Waals surface area contributed by atoms with E-state index in [4.69, 9.17) is 22.7 Å². The van der Waals surface area contributed by atoms with Crippen molar-refractivity contribution in [3.05, 3.63) is 0 Å². The van der Waals surface area contributed by atoms with Gasteiger partial charge in [0.25, 0.3) is 0 Å². The van der Waals surface area contributed by atoms with Gasteiger partial charge in [0.15, 0.2) is 0 Å². The SMILES string of the molecule is CN(CCOCC1CC1)C(=O)C1(C(N)=S)CCCCC1. The molecule has 2 fully saturated rings. The lowest BCUT2D eigenvalue weighted by molar-refractivity contribution is -0.139. The first kappa shape index (κ1) is 15.7. The van der Waals surface area contributed by atoms with Gasteiger partial charge in [-0.3, -0.25) is 4.79 Å². The maximum Gasteiger partial charge on any atom is 0.235 e. The Morgan fingerprint density at radius 1 is 1.35 bits per heavy atom. The molecule has 2 N–H and O–H groups in total. The van der Waals surface area contributed by atoms with Crippen LogP contribution >= 0.6 is 12.2 Å². The number of amides is 1. The molecule has 2 aliphatic rings. The Labute approximate surface area is 127 Å². The zero-order valence-electron chi connectivity index (χ0n) is 12.4. The van der Waals surface area contributed by atoms with E-state index in [9.17, 15) is 4.79 Å². The lowest BCUT2D eigenvalue weighted by Crippen LogP contribution is -2.51. The van der Waals surface area contributed by atoms with Crippen molar-refractivity contribution in [1.29, 1.82) is 0 Å². The van der Waals surface area contributed by atoms with Crippen LogP contribution < -0.4 is 5.73 Å². The van der Waals surface area contributed by atoms with Gasteiger partial charge >= 0.3 is 0 Å². The van der Waals surface area contributed by atoms with Crippen molar-refractivity contribution in [1.82, 2.24) is 4.90 Å². The van der Waals surface area contributed by atoms with Crippen LogP contribution in [0.1, 0.15) is 44.9 Å². The molecular formula is C15H26N2O2S. The van der Waals surface area contributed by atoms with Crippen LogP contribution in [-0.4, -0.2) is 42.6 Å². The highest BCUT2D eigenvalue weighted by molar-refractivity contribution is 7.80. The number of nitrogens with zero attached hydrogens (tertiary/aromatic N) is 1. The van der Waals surface area contributed by atoms with Gasteiger partial charge in [0.1, 0.15) is 0 Å². The van der Waals surface area contributed by atoms with Gasteiger partial charge in [-0.05, 0) is 31.6 Å². The molecule has 5 heteroatoms. The summed E-state index contributed by atoms with van der Waals surface area (Å²) in [5.41, 5.74) is 5.30. The molecule has 0 heterocycles. The Bertz CT molecular complexity index is 363. The van der Waals surface area contributed by atoms with E-state index in [-0.39, 0.29) is 5.91 Å². The summed E-state index contributed by atoms with van der Waals surface area (Å²) >= 11 is 5.20. The van der Waals surface area contributed by atoms with E-state index in [1.807, 2.05) is 7.05 Å². The van der Waals surface area contributed by atoms with Crippen molar-refractivity contribution >= 4 is 23.1 Å². The van der Waals surface area contributed by atoms with E-state index in [2.05, 4.69) is 0 Å². The zero-order valence-corrected chi connectivity index (χ0v) is 13.2. The molecule has 0 aromatic heterocycles. The second kappa shape index (κ2) is 6.85. The van der Waals surface area contributed by atoms with Crippen molar-refractivity contribution < 1.29 is 9.53 Å². The first-order chi connectivity index (χ1) is 9.56. The predicted octanol–water partition coefficient (Wildman–Crippen LogP) is 2.11. The van der Waals surface area contributed by atoms with Crippen LogP contribution in [0.25, 0.3) is 0 Å². The summed E-state index contributed by atoms with van der Waals surface area (Å²) in [6, 6.07) is 0. The Balaban J connectivity index is 1.83. The molecule has 0 atom stereocenters. The topological polar surface area (TPSA) is 55.6 Å². The van der Waals surface area contributed by atoms with Crippen LogP contribution in [-0.2, 0) is 9.53 Å². The van der Waals surface area contributed by atoms with E-state index >= 15 is 0 Å². The number of thiocarbonyl (C=S) groups is 1. The lowest BCUT2D eigenvalue weighted by Gasteiger charge is -2.37.